The maximum Gasteiger partial charge on any atom is 0.328 e. The summed E-state index contributed by atoms with van der Waals surface area (Å²) in [6, 6.07) is 11.7. The predicted octanol–water partition coefficient (Wildman–Crippen LogP) is 8.09. The van der Waals surface area contributed by atoms with Gasteiger partial charge in [-0.1, -0.05) is 122 Å². The number of rotatable bonds is 21. The lowest BCUT2D eigenvalue weighted by atomic mass is 9.47. The molecule has 4 aliphatic carbocycles. The van der Waals surface area contributed by atoms with Crippen molar-refractivity contribution in [3.63, 3.8) is 0 Å². The second-order valence-electron chi connectivity index (χ2n) is 22.5. The summed E-state index contributed by atoms with van der Waals surface area (Å²) in [6.45, 7) is 17.4. The van der Waals surface area contributed by atoms with Crippen molar-refractivity contribution in [2.45, 2.75) is 176 Å². The van der Waals surface area contributed by atoms with E-state index in [-0.39, 0.29) is 36.0 Å². The first-order chi connectivity index (χ1) is 32.3. The van der Waals surface area contributed by atoms with E-state index in [2.05, 4.69) is 62.0 Å². The standard InChI is InChI=1S/C56H83N5O7/c1-34(2)13-12-14-36(5)44-23-24-45-43-22-19-40-32-42(25-27-55(40,7)46(43)26-28-56(44,45)8)68-54(67)49(29-35(3)4)61-53(66)48(31-38-15-10-9-11-16-38)60-50(63)33-58-51(64)37(6)59-52(65)47(57)30-39-17-20-41(62)21-18-39/h9-11,15-21,34-37,42-49,62H,12-14,22-33,57H2,1-8H3,(H,58,64)(H,59,65)(H,60,63)(H,61,66)/t36-,37-,42+,43+,44-,45+,46+,47+,48+,49-,55+,56-/m1/s1. The number of fused-ring (bicyclic) bond motifs is 5. The van der Waals surface area contributed by atoms with Crippen molar-refractivity contribution in [1.82, 2.24) is 21.3 Å². The molecule has 2 aromatic rings. The molecule has 4 amide bonds. The molecule has 12 heteroatoms. The number of benzene rings is 2. The largest absolute Gasteiger partial charge is 0.508 e. The van der Waals surface area contributed by atoms with Crippen molar-refractivity contribution < 1.29 is 33.8 Å². The Labute approximate surface area is 406 Å². The van der Waals surface area contributed by atoms with E-state index in [0.29, 0.717) is 23.7 Å². The second kappa shape index (κ2) is 23.3. The Morgan fingerprint density at radius 3 is 2.15 bits per heavy atom. The first-order valence-corrected chi connectivity index (χ1v) is 25.9. The van der Waals surface area contributed by atoms with Gasteiger partial charge in [0.2, 0.25) is 23.6 Å². The summed E-state index contributed by atoms with van der Waals surface area (Å²) in [4.78, 5) is 67.4. The molecule has 6 rings (SSSR count). The highest BCUT2D eigenvalue weighted by Crippen LogP contribution is 2.67. The minimum atomic E-state index is -1.06. The highest BCUT2D eigenvalue weighted by molar-refractivity contribution is 5.94. The molecule has 3 fully saturated rings. The molecule has 2 aromatic carbocycles. The molecule has 0 aliphatic heterocycles. The smallest absolute Gasteiger partial charge is 0.328 e. The number of phenols is 1. The van der Waals surface area contributed by atoms with Crippen LogP contribution in [0.5, 0.6) is 5.75 Å². The van der Waals surface area contributed by atoms with E-state index in [1.807, 2.05) is 44.2 Å². The quantitative estimate of drug-likeness (QED) is 0.0535. The minimum Gasteiger partial charge on any atom is -0.508 e. The van der Waals surface area contributed by atoms with Crippen LogP contribution in [0.4, 0.5) is 0 Å². The number of hydrogen-bond donors (Lipinski definition) is 6. The Hall–Kier alpha value is -4.71. The van der Waals surface area contributed by atoms with Gasteiger partial charge >= 0.3 is 5.97 Å². The molecule has 12 nitrogen and oxygen atoms in total. The number of amides is 4. The Morgan fingerprint density at radius 2 is 1.46 bits per heavy atom. The Kier molecular flexibility index (Phi) is 18.0. The van der Waals surface area contributed by atoms with Gasteiger partial charge in [-0.3, -0.25) is 19.2 Å². The van der Waals surface area contributed by atoms with Crippen LogP contribution in [0.3, 0.4) is 0 Å². The van der Waals surface area contributed by atoms with Gasteiger partial charge in [0.25, 0.3) is 0 Å². The fraction of sp³-hybridized carbons (Fsp3) is 0.661. The fourth-order valence-corrected chi connectivity index (χ4v) is 12.9. The zero-order chi connectivity index (χ0) is 49.3. The predicted molar refractivity (Wildman–Crippen MR) is 267 cm³/mol. The van der Waals surface area contributed by atoms with Gasteiger partial charge in [-0.2, -0.15) is 0 Å². The lowest BCUT2D eigenvalue weighted by Gasteiger charge is -2.58. The zero-order valence-corrected chi connectivity index (χ0v) is 42.3. The van der Waals surface area contributed by atoms with E-state index in [9.17, 15) is 29.1 Å². The van der Waals surface area contributed by atoms with E-state index in [0.717, 1.165) is 60.5 Å². The molecule has 12 atom stereocenters. The molecule has 4 aliphatic rings. The van der Waals surface area contributed by atoms with Crippen molar-refractivity contribution in [1.29, 1.82) is 0 Å². The van der Waals surface area contributed by atoms with Crippen LogP contribution in [0.25, 0.3) is 0 Å². The fourth-order valence-electron chi connectivity index (χ4n) is 12.9. The lowest BCUT2D eigenvalue weighted by Crippen LogP contribution is -2.55. The zero-order valence-electron chi connectivity index (χ0n) is 42.3. The number of esters is 1. The molecule has 374 valence electrons. The molecule has 0 saturated heterocycles. The first-order valence-electron chi connectivity index (χ1n) is 25.9. The maximum atomic E-state index is 14.1. The van der Waals surface area contributed by atoms with Crippen molar-refractivity contribution in [2.75, 3.05) is 6.54 Å². The minimum absolute atomic E-state index is 0.0675. The third kappa shape index (κ3) is 13.1. The van der Waals surface area contributed by atoms with Gasteiger partial charge in [0.15, 0.2) is 0 Å². The van der Waals surface area contributed by atoms with Gasteiger partial charge in [0.05, 0.1) is 12.6 Å². The van der Waals surface area contributed by atoms with Crippen LogP contribution in [0.15, 0.2) is 66.2 Å². The van der Waals surface area contributed by atoms with Gasteiger partial charge in [0.1, 0.15) is 30.0 Å². The molecule has 0 heterocycles. The van der Waals surface area contributed by atoms with E-state index in [4.69, 9.17) is 10.5 Å². The number of allylic oxidation sites excluding steroid dienone is 1. The Bertz CT molecular complexity index is 2070. The highest BCUT2D eigenvalue weighted by Gasteiger charge is 2.59. The summed E-state index contributed by atoms with van der Waals surface area (Å²) in [6.07, 6.45) is 15.9. The number of ether oxygens (including phenoxy) is 1. The number of carbonyl (C=O) groups is 5. The molecule has 3 saturated carbocycles. The van der Waals surface area contributed by atoms with Crippen molar-refractivity contribution in [2.24, 2.45) is 58.0 Å². The summed E-state index contributed by atoms with van der Waals surface area (Å²) >= 11 is 0. The number of nitrogens with one attached hydrogen (secondary N) is 4. The molecular weight excluding hydrogens is 855 g/mol. The topological polar surface area (TPSA) is 189 Å². The normalized spacial score (nSPS) is 27.5. The SMILES string of the molecule is CC(C)CCC[C@@H](C)[C@H]1CC[C@H]2[C@@H]3CC=C4C[C@@H](OC(=O)[C@@H](CC(C)C)NC(=O)[C@H](Cc5ccccc5)NC(=O)CNC(=O)[C@@H](C)NC(=O)[C@@H](N)Cc5ccc(O)cc5)CC[C@]4(C)[C@H]3CC[C@]12C. The molecule has 0 bridgehead atoms. The van der Waals surface area contributed by atoms with Crippen molar-refractivity contribution >= 4 is 29.6 Å². The second-order valence-corrected chi connectivity index (χ2v) is 22.5. The number of phenolic OH excluding ortho intramolecular Hbond substituents is 1. The maximum absolute atomic E-state index is 14.1. The summed E-state index contributed by atoms with van der Waals surface area (Å²) < 4.78 is 6.32. The third-order valence-electron chi connectivity index (χ3n) is 16.7. The summed E-state index contributed by atoms with van der Waals surface area (Å²) in [5, 5.41) is 20.4. The van der Waals surface area contributed by atoms with Gasteiger partial charge in [-0.25, -0.2) is 4.79 Å². The van der Waals surface area contributed by atoms with Crippen LogP contribution in [-0.2, 0) is 41.6 Å². The van der Waals surface area contributed by atoms with Crippen LogP contribution in [-0.4, -0.2) is 71.5 Å². The van der Waals surface area contributed by atoms with Crippen LogP contribution >= 0.6 is 0 Å². The highest BCUT2D eigenvalue weighted by atomic mass is 16.5. The molecule has 68 heavy (non-hydrogen) atoms. The lowest BCUT2D eigenvalue weighted by molar-refractivity contribution is -0.156. The third-order valence-corrected chi connectivity index (χ3v) is 16.7. The van der Waals surface area contributed by atoms with Crippen molar-refractivity contribution in [3.8, 4) is 5.75 Å². The molecule has 7 N–H and O–H groups in total. The van der Waals surface area contributed by atoms with E-state index in [1.165, 1.54) is 69.6 Å². The molecule has 0 spiro atoms. The van der Waals surface area contributed by atoms with Gasteiger partial charge in [-0.15, -0.1) is 0 Å². The van der Waals surface area contributed by atoms with Gasteiger partial charge in [-0.05, 0) is 140 Å². The molecular formula is C56H83N5O7. The van der Waals surface area contributed by atoms with Gasteiger partial charge in [0, 0.05) is 12.8 Å². The Balaban J connectivity index is 1.04. The van der Waals surface area contributed by atoms with Crippen LogP contribution < -0.4 is 27.0 Å². The average Bonchev–Trinajstić information content (AvgIpc) is 3.66. The Morgan fingerprint density at radius 1 is 0.750 bits per heavy atom. The molecule has 0 aromatic heterocycles. The summed E-state index contributed by atoms with van der Waals surface area (Å²) in [5.74, 6) is 1.91. The number of aromatic hydroxyl groups is 1. The van der Waals surface area contributed by atoms with E-state index in [1.54, 1.807) is 12.1 Å². The summed E-state index contributed by atoms with van der Waals surface area (Å²) in [5.41, 5.74) is 9.60. The number of nitrogens with two attached hydrogens (primary N) is 1. The van der Waals surface area contributed by atoms with Crippen molar-refractivity contribution in [3.05, 3.63) is 77.4 Å². The van der Waals surface area contributed by atoms with E-state index < -0.39 is 60.3 Å². The van der Waals surface area contributed by atoms with Crippen LogP contribution in [0.1, 0.15) is 144 Å². The van der Waals surface area contributed by atoms with Crippen LogP contribution in [0, 0.1) is 52.3 Å². The molecule has 0 radical (unpaired) electrons. The number of carbonyl (C=O) groups excluding carboxylic acids is 5. The monoisotopic (exact) mass is 938 g/mol. The first kappa shape index (κ1) is 52.7. The average molecular weight is 938 g/mol. The van der Waals surface area contributed by atoms with Crippen LogP contribution in [0.2, 0.25) is 0 Å². The van der Waals surface area contributed by atoms with Gasteiger partial charge < -0.3 is 36.8 Å². The summed E-state index contributed by atoms with van der Waals surface area (Å²) in [7, 11) is 0. The number of hydrogen-bond acceptors (Lipinski definition) is 8. The molecule has 0 unspecified atom stereocenters. The van der Waals surface area contributed by atoms with E-state index >= 15 is 0 Å².